The topological polar surface area (TPSA) is 83.5 Å². The lowest BCUT2D eigenvalue weighted by Crippen LogP contribution is -2.25. The summed E-state index contributed by atoms with van der Waals surface area (Å²) < 4.78 is 0. The molecule has 0 saturated carbocycles. The lowest BCUT2D eigenvalue weighted by molar-refractivity contribution is -0.306. The van der Waals surface area contributed by atoms with Gasteiger partial charge in [-0.2, -0.15) is 0 Å². The summed E-state index contributed by atoms with van der Waals surface area (Å²) in [6, 6.07) is 11.0. The summed E-state index contributed by atoms with van der Waals surface area (Å²) in [5.74, 6) is -2.21. The first-order chi connectivity index (χ1) is 10.9. The molecule has 0 saturated heterocycles. The number of carbonyl (C=O) groups excluding carboxylic acids is 2. The number of aliphatic carboxylic acids is 2. The molecule has 0 bridgehead atoms. The fourth-order valence-electron chi connectivity index (χ4n) is 2.63. The Morgan fingerprint density at radius 3 is 2.17 bits per heavy atom. The maximum absolute atomic E-state index is 10.8. The first kappa shape index (κ1) is 15.4. The molecule has 0 N–H and O–H groups in total. The molecule has 23 heavy (non-hydrogen) atoms. The maximum Gasteiger partial charge on any atom is 0.0553 e. The number of anilines is 2. The molecule has 0 aliphatic carbocycles. The predicted octanol–water partition coefficient (Wildman–Crippen LogP) is 0.504. The van der Waals surface area contributed by atoms with Gasteiger partial charge in [-0.1, -0.05) is 23.9 Å². The van der Waals surface area contributed by atoms with Gasteiger partial charge >= 0.3 is 0 Å². The van der Waals surface area contributed by atoms with Crippen molar-refractivity contribution < 1.29 is 19.8 Å². The number of fused-ring (bicyclic) bond motifs is 2. The molecule has 1 heterocycles. The Bertz CT molecular complexity index is 803. The molecule has 118 valence electrons. The zero-order valence-electron chi connectivity index (χ0n) is 12.4. The average molecular weight is 327 g/mol. The lowest BCUT2D eigenvalue weighted by Gasteiger charge is -2.30. The van der Waals surface area contributed by atoms with E-state index in [1.54, 1.807) is 12.1 Å². The van der Waals surface area contributed by atoms with E-state index in [1.165, 1.54) is 11.8 Å². The molecule has 2 aromatic carbocycles. The summed E-state index contributed by atoms with van der Waals surface area (Å²) >= 11 is 1.54. The van der Waals surface area contributed by atoms with Crippen LogP contribution in [0.1, 0.15) is 11.1 Å². The van der Waals surface area contributed by atoms with Gasteiger partial charge in [-0.25, -0.2) is 0 Å². The number of hydrogen-bond donors (Lipinski definition) is 0. The van der Waals surface area contributed by atoms with Crippen molar-refractivity contribution in [2.75, 3.05) is 11.9 Å². The summed E-state index contributed by atoms with van der Waals surface area (Å²) in [4.78, 5) is 25.4. The van der Waals surface area contributed by atoms with E-state index >= 15 is 0 Å². The van der Waals surface area contributed by atoms with Gasteiger partial charge in [-0.3, -0.25) is 0 Å². The largest absolute Gasteiger partial charge is 0.550 e. The van der Waals surface area contributed by atoms with Crippen molar-refractivity contribution >= 4 is 35.1 Å². The molecule has 0 atom stereocenters. The van der Waals surface area contributed by atoms with Crippen molar-refractivity contribution in [1.82, 2.24) is 0 Å². The Hall–Kier alpha value is -2.47. The lowest BCUT2D eigenvalue weighted by atomic mass is 10.1. The van der Waals surface area contributed by atoms with Crippen molar-refractivity contribution in [3.05, 3.63) is 47.5 Å². The highest BCUT2D eigenvalue weighted by Crippen LogP contribution is 2.47. The third kappa shape index (κ3) is 3.17. The Labute approximate surface area is 137 Å². The van der Waals surface area contributed by atoms with Crippen LogP contribution in [0.2, 0.25) is 0 Å². The van der Waals surface area contributed by atoms with Crippen LogP contribution < -0.4 is 15.1 Å². The third-order valence-electron chi connectivity index (χ3n) is 3.69. The van der Waals surface area contributed by atoms with Crippen LogP contribution in [0.4, 0.5) is 11.4 Å². The second kappa shape index (κ2) is 5.96. The van der Waals surface area contributed by atoms with Crippen molar-refractivity contribution in [2.45, 2.75) is 22.6 Å². The Balaban J connectivity index is 1.96. The minimum Gasteiger partial charge on any atom is -0.550 e. The van der Waals surface area contributed by atoms with Crippen molar-refractivity contribution in [1.29, 1.82) is 0 Å². The van der Waals surface area contributed by atoms with Crippen molar-refractivity contribution in [3.63, 3.8) is 0 Å². The monoisotopic (exact) mass is 327 g/mol. The smallest absolute Gasteiger partial charge is 0.0553 e. The van der Waals surface area contributed by atoms with E-state index in [0.29, 0.717) is 11.1 Å². The number of hydrogen-bond acceptors (Lipinski definition) is 6. The molecule has 0 unspecified atom stereocenters. The van der Waals surface area contributed by atoms with Crippen LogP contribution in [-0.2, 0) is 22.4 Å². The van der Waals surface area contributed by atoms with E-state index in [1.807, 2.05) is 36.2 Å². The van der Waals surface area contributed by atoms with Gasteiger partial charge in [0, 0.05) is 41.6 Å². The quantitative estimate of drug-likeness (QED) is 0.813. The number of carboxylic acids is 2. The maximum atomic E-state index is 10.8. The van der Waals surface area contributed by atoms with Crippen LogP contribution in [0.5, 0.6) is 0 Å². The van der Waals surface area contributed by atoms with Gasteiger partial charge < -0.3 is 24.7 Å². The molecule has 0 amide bonds. The predicted molar refractivity (Wildman–Crippen MR) is 82.5 cm³/mol. The second-order valence-corrected chi connectivity index (χ2v) is 6.45. The van der Waals surface area contributed by atoms with Gasteiger partial charge in [0.15, 0.2) is 0 Å². The molecule has 1 aliphatic rings. The van der Waals surface area contributed by atoms with E-state index < -0.39 is 11.9 Å². The summed E-state index contributed by atoms with van der Waals surface area (Å²) in [7, 11) is 1.90. The molecule has 1 aliphatic heterocycles. The van der Waals surface area contributed by atoms with Crippen LogP contribution in [0.25, 0.3) is 0 Å². The standard InChI is InChI=1S/C17H15NO4S/c1-18-12-4-2-11(9-17(21)22)7-15(12)23-14-5-3-10(6-13(14)18)8-16(19)20/h2-7H,8-9H2,1H3,(H,19,20)(H,21,22)/p-2. The minimum atomic E-state index is -1.11. The van der Waals surface area contributed by atoms with Gasteiger partial charge in [0.2, 0.25) is 0 Å². The SMILES string of the molecule is CN1c2ccc(CC(=O)[O-])cc2Sc2ccc(CC(=O)[O-])cc21. The number of rotatable bonds is 4. The van der Waals surface area contributed by atoms with Gasteiger partial charge in [-0.15, -0.1) is 0 Å². The summed E-state index contributed by atoms with van der Waals surface area (Å²) in [6.07, 6.45) is -0.238. The molecule has 5 nitrogen and oxygen atoms in total. The molecule has 0 aromatic heterocycles. The Morgan fingerprint density at radius 1 is 0.913 bits per heavy atom. The first-order valence-corrected chi connectivity index (χ1v) is 7.83. The molecular formula is C17H13NO4S-2. The molecule has 6 heteroatoms. The fraction of sp³-hybridized carbons (Fsp3) is 0.176. The van der Waals surface area contributed by atoms with E-state index in [9.17, 15) is 19.8 Å². The summed E-state index contributed by atoms with van der Waals surface area (Å²) in [5.41, 5.74) is 3.26. The van der Waals surface area contributed by atoms with Crippen LogP contribution >= 0.6 is 11.8 Å². The fourth-order valence-corrected chi connectivity index (χ4v) is 3.82. The number of carbonyl (C=O) groups is 2. The first-order valence-electron chi connectivity index (χ1n) is 7.01. The molecule has 2 aromatic rings. The van der Waals surface area contributed by atoms with Gasteiger partial charge in [-0.05, 0) is 35.4 Å². The van der Waals surface area contributed by atoms with Gasteiger partial charge in [0.25, 0.3) is 0 Å². The molecule has 3 rings (SSSR count). The number of carboxylic acid groups (broad SMARTS) is 2. The normalized spacial score (nSPS) is 12.5. The van der Waals surface area contributed by atoms with E-state index in [-0.39, 0.29) is 12.8 Å². The highest BCUT2D eigenvalue weighted by molar-refractivity contribution is 7.99. The number of nitrogens with zero attached hydrogens (tertiary/aromatic N) is 1. The summed E-state index contributed by atoms with van der Waals surface area (Å²) in [6.45, 7) is 0. The van der Waals surface area contributed by atoms with Crippen molar-refractivity contribution in [3.8, 4) is 0 Å². The zero-order chi connectivity index (χ0) is 16.6. The van der Waals surface area contributed by atoms with Crippen LogP contribution in [0, 0.1) is 0 Å². The highest BCUT2D eigenvalue weighted by atomic mass is 32.2. The second-order valence-electron chi connectivity index (χ2n) is 5.36. The minimum absolute atomic E-state index is 0.116. The van der Waals surface area contributed by atoms with E-state index in [4.69, 9.17) is 0 Å². The van der Waals surface area contributed by atoms with E-state index in [2.05, 4.69) is 0 Å². The zero-order valence-corrected chi connectivity index (χ0v) is 13.2. The van der Waals surface area contributed by atoms with E-state index in [0.717, 1.165) is 21.2 Å². The van der Waals surface area contributed by atoms with Crippen molar-refractivity contribution in [2.24, 2.45) is 0 Å². The molecule has 0 fully saturated rings. The molecule has 0 spiro atoms. The van der Waals surface area contributed by atoms with Gasteiger partial charge in [0.05, 0.1) is 11.4 Å². The highest BCUT2D eigenvalue weighted by Gasteiger charge is 2.21. The summed E-state index contributed by atoms with van der Waals surface area (Å²) in [5, 5.41) is 21.5. The van der Waals surface area contributed by atoms with Crippen LogP contribution in [-0.4, -0.2) is 19.0 Å². The van der Waals surface area contributed by atoms with Crippen LogP contribution in [0.3, 0.4) is 0 Å². The number of benzene rings is 2. The van der Waals surface area contributed by atoms with Gasteiger partial charge in [0.1, 0.15) is 0 Å². The molecule has 0 radical (unpaired) electrons. The average Bonchev–Trinajstić information content (AvgIpc) is 2.47. The molecular weight excluding hydrogens is 314 g/mol. The third-order valence-corrected chi connectivity index (χ3v) is 4.80. The Morgan fingerprint density at radius 2 is 1.52 bits per heavy atom. The Kier molecular flexibility index (Phi) is 4.00. The van der Waals surface area contributed by atoms with Crippen LogP contribution in [0.15, 0.2) is 46.2 Å².